The van der Waals surface area contributed by atoms with Gasteiger partial charge in [-0.3, -0.25) is 4.98 Å². The number of hydrogen-bond donors (Lipinski definition) is 0. The number of aromatic nitrogens is 4. The first-order valence-corrected chi connectivity index (χ1v) is 9.94. The van der Waals surface area contributed by atoms with Crippen LogP contribution in [0.15, 0.2) is 47.6 Å². The lowest BCUT2D eigenvalue weighted by Gasteiger charge is -2.10. The minimum absolute atomic E-state index is 0.0204. The Morgan fingerprint density at radius 1 is 1.07 bits per heavy atom. The van der Waals surface area contributed by atoms with E-state index in [4.69, 9.17) is 0 Å². The number of rotatable bonds is 2. The molecule has 0 unspecified atom stereocenters. The van der Waals surface area contributed by atoms with Crippen LogP contribution in [0.4, 0.5) is 13.2 Å². The molecule has 3 heterocycles. The van der Waals surface area contributed by atoms with Gasteiger partial charge in [-0.05, 0) is 6.07 Å². The third kappa shape index (κ3) is 2.89. The Kier molecular flexibility index (Phi) is 3.93. The van der Waals surface area contributed by atoms with Crippen molar-refractivity contribution < 1.29 is 21.6 Å². The fourth-order valence-corrected chi connectivity index (χ4v) is 4.21. The van der Waals surface area contributed by atoms with Crippen LogP contribution in [0.2, 0.25) is 0 Å². The van der Waals surface area contributed by atoms with Crippen LogP contribution in [0.5, 0.6) is 0 Å². The van der Waals surface area contributed by atoms with Gasteiger partial charge in [0.2, 0.25) is 0 Å². The Bertz CT molecular complexity index is 1340. The fraction of sp³-hybridized carbons (Fsp3) is 0.167. The predicted molar refractivity (Wildman–Crippen MR) is 97.4 cm³/mol. The number of fused-ring (bicyclic) bond motifs is 2. The molecule has 10 heteroatoms. The van der Waals surface area contributed by atoms with Crippen LogP contribution in [0.1, 0.15) is 5.69 Å². The molecule has 1 aromatic carbocycles. The molecule has 4 aromatic rings. The van der Waals surface area contributed by atoms with Gasteiger partial charge in [0.15, 0.2) is 15.7 Å². The largest absolute Gasteiger partial charge is 0.433 e. The maximum Gasteiger partial charge on any atom is 0.433 e. The van der Waals surface area contributed by atoms with E-state index in [9.17, 15) is 21.6 Å². The summed E-state index contributed by atoms with van der Waals surface area (Å²) in [6.07, 6.45) is -0.967. The third-order valence-electron chi connectivity index (χ3n) is 4.39. The van der Waals surface area contributed by atoms with Crippen LogP contribution in [0.25, 0.3) is 33.3 Å². The molecule has 0 bridgehead atoms. The molecule has 6 nitrogen and oxygen atoms in total. The molecule has 4 rings (SSSR count). The summed E-state index contributed by atoms with van der Waals surface area (Å²) >= 11 is 0. The molecule has 0 amide bonds. The lowest BCUT2D eigenvalue weighted by molar-refractivity contribution is -0.141. The zero-order valence-electron chi connectivity index (χ0n) is 14.7. The molecular formula is C18H13F3N4O2S. The van der Waals surface area contributed by atoms with E-state index in [1.807, 2.05) is 0 Å². The van der Waals surface area contributed by atoms with Crippen molar-refractivity contribution in [3.8, 4) is 11.5 Å². The summed E-state index contributed by atoms with van der Waals surface area (Å²) in [4.78, 5) is 11.9. The summed E-state index contributed by atoms with van der Waals surface area (Å²) in [6.45, 7) is 0. The maximum absolute atomic E-state index is 13.0. The minimum Gasteiger partial charge on any atom is -0.324 e. The minimum atomic E-state index is -4.61. The van der Waals surface area contributed by atoms with E-state index < -0.39 is 21.7 Å². The monoisotopic (exact) mass is 406 g/mol. The molecule has 28 heavy (non-hydrogen) atoms. The van der Waals surface area contributed by atoms with Crippen molar-refractivity contribution in [3.63, 3.8) is 0 Å². The Hall–Kier alpha value is -3.01. The standard InChI is InChI=1S/C18H13F3N4O2S/c1-25-13-9-22-14(18(19,20)21)7-12(13)24-17(25)15-16(28(2,26)27)11-6-4-3-5-10(11)8-23-15/h3-9H,1-2H3. The second-order valence-electron chi connectivity index (χ2n) is 6.35. The first kappa shape index (κ1) is 18.4. The van der Waals surface area contributed by atoms with E-state index in [1.54, 1.807) is 31.3 Å². The van der Waals surface area contributed by atoms with Gasteiger partial charge in [0.1, 0.15) is 16.3 Å². The van der Waals surface area contributed by atoms with Crippen molar-refractivity contribution in [1.82, 2.24) is 19.5 Å². The average molecular weight is 406 g/mol. The van der Waals surface area contributed by atoms with Gasteiger partial charge in [-0.15, -0.1) is 0 Å². The van der Waals surface area contributed by atoms with E-state index in [-0.39, 0.29) is 21.9 Å². The lowest BCUT2D eigenvalue weighted by atomic mass is 10.1. The number of imidazole rings is 1. The number of aryl methyl sites for hydroxylation is 1. The molecular weight excluding hydrogens is 393 g/mol. The molecule has 0 spiro atoms. The van der Waals surface area contributed by atoms with E-state index in [0.29, 0.717) is 16.3 Å². The number of alkyl halides is 3. The highest BCUT2D eigenvalue weighted by Crippen LogP contribution is 2.34. The molecule has 0 radical (unpaired) electrons. The van der Waals surface area contributed by atoms with Crippen molar-refractivity contribution in [2.45, 2.75) is 11.1 Å². The third-order valence-corrected chi connectivity index (χ3v) is 5.55. The normalized spacial score (nSPS) is 12.8. The Balaban J connectivity index is 2.06. The molecule has 0 saturated carbocycles. The quantitative estimate of drug-likeness (QED) is 0.508. The second-order valence-corrected chi connectivity index (χ2v) is 8.30. The Labute approximate surface area is 157 Å². The van der Waals surface area contributed by atoms with Crippen LogP contribution in [0.3, 0.4) is 0 Å². The second kappa shape index (κ2) is 5.99. The summed E-state index contributed by atoms with van der Waals surface area (Å²) in [6, 6.07) is 7.68. The van der Waals surface area contributed by atoms with Crippen molar-refractivity contribution in [3.05, 3.63) is 48.4 Å². The van der Waals surface area contributed by atoms with Crippen molar-refractivity contribution in [2.24, 2.45) is 7.05 Å². The van der Waals surface area contributed by atoms with Crippen molar-refractivity contribution in [2.75, 3.05) is 6.26 Å². The number of halogens is 3. The van der Waals surface area contributed by atoms with E-state index >= 15 is 0 Å². The number of sulfone groups is 1. The smallest absolute Gasteiger partial charge is 0.324 e. The number of pyridine rings is 2. The van der Waals surface area contributed by atoms with Gasteiger partial charge in [0.05, 0.1) is 17.2 Å². The van der Waals surface area contributed by atoms with Crippen molar-refractivity contribution in [1.29, 1.82) is 0 Å². The molecule has 0 saturated heterocycles. The van der Waals surface area contributed by atoms with Crippen LogP contribution in [0, 0.1) is 0 Å². The summed E-state index contributed by atoms with van der Waals surface area (Å²) in [5, 5.41) is 1.10. The zero-order valence-corrected chi connectivity index (χ0v) is 15.5. The van der Waals surface area contributed by atoms with Crippen LogP contribution < -0.4 is 0 Å². The Morgan fingerprint density at radius 3 is 2.46 bits per heavy atom. The highest BCUT2D eigenvalue weighted by molar-refractivity contribution is 7.91. The first-order chi connectivity index (χ1) is 13.1. The first-order valence-electron chi connectivity index (χ1n) is 8.05. The van der Waals surface area contributed by atoms with Gasteiger partial charge in [0.25, 0.3) is 0 Å². The van der Waals surface area contributed by atoms with Gasteiger partial charge in [0, 0.05) is 30.3 Å². The molecule has 0 N–H and O–H groups in total. The molecule has 0 aliphatic heterocycles. The van der Waals surface area contributed by atoms with E-state index in [2.05, 4.69) is 15.0 Å². The molecule has 144 valence electrons. The summed E-state index contributed by atoms with van der Waals surface area (Å²) in [5.41, 5.74) is -0.612. The van der Waals surface area contributed by atoms with Gasteiger partial charge in [-0.2, -0.15) is 13.2 Å². The Morgan fingerprint density at radius 2 is 1.79 bits per heavy atom. The number of benzene rings is 1. The van der Waals surface area contributed by atoms with Gasteiger partial charge >= 0.3 is 6.18 Å². The molecule has 0 aliphatic rings. The van der Waals surface area contributed by atoms with Crippen LogP contribution >= 0.6 is 0 Å². The average Bonchev–Trinajstić information content (AvgIpc) is 2.95. The fourth-order valence-electron chi connectivity index (χ4n) is 3.13. The molecule has 3 aromatic heterocycles. The summed E-state index contributed by atoms with van der Waals surface area (Å²) in [5.74, 6) is 0.141. The number of nitrogens with zero attached hydrogens (tertiary/aromatic N) is 4. The number of hydrogen-bond acceptors (Lipinski definition) is 5. The maximum atomic E-state index is 13.0. The summed E-state index contributed by atoms with van der Waals surface area (Å²) in [7, 11) is -2.13. The lowest BCUT2D eigenvalue weighted by Crippen LogP contribution is -2.07. The SMILES string of the molecule is Cn1c(-c2ncc3ccccc3c2S(C)(=O)=O)nc2cc(C(F)(F)F)ncc21. The van der Waals surface area contributed by atoms with Crippen molar-refractivity contribution >= 4 is 31.6 Å². The van der Waals surface area contributed by atoms with E-state index in [0.717, 1.165) is 18.5 Å². The molecule has 0 fully saturated rings. The van der Waals surface area contributed by atoms with Gasteiger partial charge in [-0.1, -0.05) is 24.3 Å². The van der Waals surface area contributed by atoms with Gasteiger partial charge < -0.3 is 4.57 Å². The van der Waals surface area contributed by atoms with Crippen LogP contribution in [-0.4, -0.2) is 34.2 Å². The van der Waals surface area contributed by atoms with Gasteiger partial charge in [-0.25, -0.2) is 18.4 Å². The molecule has 0 atom stereocenters. The highest BCUT2D eigenvalue weighted by Gasteiger charge is 2.33. The van der Waals surface area contributed by atoms with E-state index in [1.165, 1.54) is 10.8 Å². The predicted octanol–water partition coefficient (Wildman–Crippen LogP) is 3.61. The van der Waals surface area contributed by atoms with Crippen LogP contribution in [-0.2, 0) is 23.1 Å². The topological polar surface area (TPSA) is 77.7 Å². The highest BCUT2D eigenvalue weighted by atomic mass is 32.2. The zero-order chi connectivity index (χ0) is 20.3. The molecule has 0 aliphatic carbocycles. The summed E-state index contributed by atoms with van der Waals surface area (Å²) < 4.78 is 65.4.